The number of amides is 2. The molecule has 0 radical (unpaired) electrons. The van der Waals surface area contributed by atoms with E-state index < -0.39 is 0 Å². The lowest BCUT2D eigenvalue weighted by atomic mass is 9.98. The lowest BCUT2D eigenvalue weighted by Gasteiger charge is -2.16. The van der Waals surface area contributed by atoms with Crippen LogP contribution in [0.5, 0.6) is 0 Å². The van der Waals surface area contributed by atoms with Crippen LogP contribution in [0, 0.1) is 5.92 Å². The topological polar surface area (TPSA) is 58.2 Å². The zero-order valence-corrected chi connectivity index (χ0v) is 12.5. The maximum atomic E-state index is 11.6. The number of halogens is 1. The SMILES string of the molecule is CCC(C)CC(Cl)c1ccc2c(c1)NC(=O)CC(=O)N2. The first-order valence-electron chi connectivity index (χ1n) is 6.87. The van der Waals surface area contributed by atoms with Gasteiger partial charge in [-0.05, 0) is 30.0 Å². The summed E-state index contributed by atoms with van der Waals surface area (Å²) < 4.78 is 0. The number of carbonyl (C=O) groups is 2. The Labute approximate surface area is 123 Å². The summed E-state index contributed by atoms with van der Waals surface area (Å²) >= 11 is 6.43. The summed E-state index contributed by atoms with van der Waals surface area (Å²) in [5.74, 6) is -0.0481. The first-order chi connectivity index (χ1) is 9.49. The van der Waals surface area contributed by atoms with Gasteiger partial charge in [0.15, 0.2) is 0 Å². The average molecular weight is 295 g/mol. The second-order valence-corrected chi connectivity index (χ2v) is 5.82. The molecule has 108 valence electrons. The van der Waals surface area contributed by atoms with Crippen molar-refractivity contribution in [1.29, 1.82) is 0 Å². The van der Waals surface area contributed by atoms with Gasteiger partial charge in [-0.15, -0.1) is 11.6 Å². The van der Waals surface area contributed by atoms with Gasteiger partial charge in [0.2, 0.25) is 11.8 Å². The zero-order chi connectivity index (χ0) is 14.7. The quantitative estimate of drug-likeness (QED) is 0.657. The van der Waals surface area contributed by atoms with Crippen molar-refractivity contribution >= 4 is 34.8 Å². The Hall–Kier alpha value is -1.55. The monoisotopic (exact) mass is 294 g/mol. The molecule has 0 bridgehead atoms. The largest absolute Gasteiger partial charge is 0.324 e. The van der Waals surface area contributed by atoms with Crippen molar-refractivity contribution in [2.24, 2.45) is 5.92 Å². The van der Waals surface area contributed by atoms with E-state index in [0.29, 0.717) is 17.3 Å². The van der Waals surface area contributed by atoms with E-state index in [1.165, 1.54) is 0 Å². The molecule has 0 aromatic heterocycles. The number of fused-ring (bicyclic) bond motifs is 1. The van der Waals surface area contributed by atoms with Gasteiger partial charge in [-0.3, -0.25) is 9.59 Å². The number of carbonyl (C=O) groups excluding carboxylic acids is 2. The molecule has 2 amide bonds. The number of hydrogen-bond acceptors (Lipinski definition) is 2. The van der Waals surface area contributed by atoms with E-state index in [9.17, 15) is 9.59 Å². The molecule has 1 aliphatic rings. The van der Waals surface area contributed by atoms with Crippen LogP contribution in [-0.2, 0) is 9.59 Å². The van der Waals surface area contributed by atoms with Crippen LogP contribution in [0.1, 0.15) is 44.1 Å². The highest BCUT2D eigenvalue weighted by Crippen LogP contribution is 2.34. The van der Waals surface area contributed by atoms with E-state index in [2.05, 4.69) is 24.5 Å². The molecule has 2 unspecified atom stereocenters. The molecule has 0 fully saturated rings. The van der Waals surface area contributed by atoms with E-state index in [1.54, 1.807) is 6.07 Å². The molecule has 1 aromatic rings. The third kappa shape index (κ3) is 3.51. The van der Waals surface area contributed by atoms with Gasteiger partial charge in [0.05, 0.1) is 16.8 Å². The second-order valence-electron chi connectivity index (χ2n) is 5.29. The van der Waals surface area contributed by atoms with Gasteiger partial charge in [-0.25, -0.2) is 0 Å². The number of rotatable bonds is 4. The molecular formula is C15H19ClN2O2. The Morgan fingerprint density at radius 1 is 1.20 bits per heavy atom. The minimum absolute atomic E-state index is 0.0916. The van der Waals surface area contributed by atoms with Crippen LogP contribution >= 0.6 is 11.6 Å². The van der Waals surface area contributed by atoms with Crippen LogP contribution in [-0.4, -0.2) is 11.8 Å². The van der Waals surface area contributed by atoms with Crippen molar-refractivity contribution in [3.8, 4) is 0 Å². The lowest BCUT2D eigenvalue weighted by Crippen LogP contribution is -2.16. The van der Waals surface area contributed by atoms with Gasteiger partial charge < -0.3 is 10.6 Å². The summed E-state index contributed by atoms with van der Waals surface area (Å²) in [5.41, 5.74) is 2.20. The number of anilines is 2. The minimum atomic E-state index is -0.300. The fraction of sp³-hybridized carbons (Fsp3) is 0.467. The number of nitrogens with one attached hydrogen (secondary N) is 2. The molecule has 4 nitrogen and oxygen atoms in total. The van der Waals surface area contributed by atoms with Gasteiger partial charge >= 0.3 is 0 Å². The Bertz CT molecular complexity index is 531. The molecule has 0 spiro atoms. The fourth-order valence-corrected chi connectivity index (χ4v) is 2.60. The standard InChI is InChI=1S/C15H19ClN2O2/c1-3-9(2)6-11(16)10-4-5-12-13(7-10)18-15(20)8-14(19)17-12/h4-5,7,9,11H,3,6,8H2,1-2H3,(H,17,19)(H,18,20). The highest BCUT2D eigenvalue weighted by Gasteiger charge is 2.20. The van der Waals surface area contributed by atoms with E-state index in [0.717, 1.165) is 18.4 Å². The van der Waals surface area contributed by atoms with E-state index in [-0.39, 0.29) is 23.6 Å². The first-order valence-corrected chi connectivity index (χ1v) is 7.31. The summed E-state index contributed by atoms with van der Waals surface area (Å²) in [6.07, 6.45) is 1.82. The minimum Gasteiger partial charge on any atom is -0.324 e. The highest BCUT2D eigenvalue weighted by atomic mass is 35.5. The predicted molar refractivity (Wildman–Crippen MR) is 81.0 cm³/mol. The Balaban J connectivity index is 2.22. The molecule has 20 heavy (non-hydrogen) atoms. The van der Waals surface area contributed by atoms with Crippen LogP contribution in [0.3, 0.4) is 0 Å². The van der Waals surface area contributed by atoms with Gasteiger partial charge in [-0.2, -0.15) is 0 Å². The maximum Gasteiger partial charge on any atom is 0.233 e. The maximum absolute atomic E-state index is 11.6. The van der Waals surface area contributed by atoms with E-state index in [1.807, 2.05) is 12.1 Å². The number of alkyl halides is 1. The second kappa shape index (κ2) is 6.27. The van der Waals surface area contributed by atoms with Crippen LogP contribution < -0.4 is 10.6 Å². The van der Waals surface area contributed by atoms with Gasteiger partial charge in [0.25, 0.3) is 0 Å². The molecule has 0 saturated heterocycles. The van der Waals surface area contributed by atoms with Gasteiger partial charge in [-0.1, -0.05) is 26.3 Å². The summed E-state index contributed by atoms with van der Waals surface area (Å²) in [7, 11) is 0. The Morgan fingerprint density at radius 2 is 1.85 bits per heavy atom. The molecule has 0 saturated carbocycles. The zero-order valence-electron chi connectivity index (χ0n) is 11.7. The summed E-state index contributed by atoms with van der Waals surface area (Å²) in [5, 5.41) is 5.35. The van der Waals surface area contributed by atoms with Crippen LogP contribution in [0.2, 0.25) is 0 Å². The molecule has 2 atom stereocenters. The Kier molecular flexibility index (Phi) is 4.65. The predicted octanol–water partition coefficient (Wildman–Crippen LogP) is 3.68. The molecule has 2 rings (SSSR count). The number of hydrogen-bond donors (Lipinski definition) is 2. The van der Waals surface area contributed by atoms with Crippen molar-refractivity contribution in [2.45, 2.75) is 38.5 Å². The molecule has 2 N–H and O–H groups in total. The summed E-state index contributed by atoms with van der Waals surface area (Å²) in [6, 6.07) is 5.54. The van der Waals surface area contributed by atoms with Crippen molar-refractivity contribution in [3.63, 3.8) is 0 Å². The van der Waals surface area contributed by atoms with Crippen molar-refractivity contribution in [2.75, 3.05) is 10.6 Å². The summed E-state index contributed by atoms with van der Waals surface area (Å²) in [4.78, 5) is 23.0. The van der Waals surface area contributed by atoms with E-state index in [4.69, 9.17) is 11.6 Å². The van der Waals surface area contributed by atoms with Gasteiger partial charge in [0, 0.05) is 0 Å². The number of benzene rings is 1. The third-order valence-electron chi connectivity index (χ3n) is 3.58. The van der Waals surface area contributed by atoms with Crippen molar-refractivity contribution < 1.29 is 9.59 Å². The molecule has 1 aliphatic heterocycles. The molecular weight excluding hydrogens is 276 g/mol. The average Bonchev–Trinajstić information content (AvgIpc) is 2.53. The van der Waals surface area contributed by atoms with Crippen LogP contribution in [0.15, 0.2) is 18.2 Å². The first kappa shape index (κ1) is 14.9. The molecule has 1 heterocycles. The van der Waals surface area contributed by atoms with Crippen LogP contribution in [0.4, 0.5) is 11.4 Å². The molecule has 1 aromatic carbocycles. The highest BCUT2D eigenvalue weighted by molar-refractivity contribution is 6.21. The van der Waals surface area contributed by atoms with Crippen LogP contribution in [0.25, 0.3) is 0 Å². The normalized spacial score (nSPS) is 17.6. The van der Waals surface area contributed by atoms with E-state index >= 15 is 0 Å². The Morgan fingerprint density at radius 3 is 2.50 bits per heavy atom. The molecule has 0 aliphatic carbocycles. The smallest absolute Gasteiger partial charge is 0.233 e. The van der Waals surface area contributed by atoms with Crippen molar-refractivity contribution in [3.05, 3.63) is 23.8 Å². The molecule has 5 heteroatoms. The fourth-order valence-electron chi connectivity index (χ4n) is 2.16. The summed E-state index contributed by atoms with van der Waals surface area (Å²) in [6.45, 7) is 4.31. The lowest BCUT2D eigenvalue weighted by molar-refractivity contribution is -0.123. The third-order valence-corrected chi connectivity index (χ3v) is 4.01. The van der Waals surface area contributed by atoms with Gasteiger partial charge in [0.1, 0.15) is 6.42 Å². The van der Waals surface area contributed by atoms with Crippen molar-refractivity contribution in [1.82, 2.24) is 0 Å².